The second-order valence-corrected chi connectivity index (χ2v) is 15.2. The van der Waals surface area contributed by atoms with Crippen LogP contribution >= 0.6 is 0 Å². The summed E-state index contributed by atoms with van der Waals surface area (Å²) in [5, 5.41) is 8.41. The van der Waals surface area contributed by atoms with Crippen molar-refractivity contribution in [3.05, 3.63) is 12.3 Å². The molecule has 0 spiro atoms. The molecule has 4 rings (SSSR count). The summed E-state index contributed by atoms with van der Waals surface area (Å²) in [6.07, 6.45) is 6.62. The summed E-state index contributed by atoms with van der Waals surface area (Å²) in [7, 11) is 0. The molecule has 0 aromatic carbocycles. The lowest BCUT2D eigenvalue weighted by molar-refractivity contribution is -0.145. The van der Waals surface area contributed by atoms with Gasteiger partial charge in [0, 0.05) is 6.54 Å². The highest BCUT2D eigenvalue weighted by molar-refractivity contribution is 6.38. The SMILES string of the molecule is C=C(C)OC(=O)[C@H](NC(=O)N[C@H](C(=O)N1C[C@H]2[C@@H]([C@H]1C(=O)NC(C(=O)C(N)=O)C1CCC1)C2(C)C)C1CCCCC1)C(C)(C)C. The summed E-state index contributed by atoms with van der Waals surface area (Å²) in [6.45, 7) is 15.0. The number of allylic oxidation sites excluding steroid dienone is 1. The molecule has 1 unspecified atom stereocenters. The van der Waals surface area contributed by atoms with Crippen molar-refractivity contribution in [2.45, 2.75) is 117 Å². The van der Waals surface area contributed by atoms with Crippen LogP contribution < -0.4 is 21.7 Å². The number of nitrogens with one attached hydrogen (secondary N) is 3. The lowest BCUT2D eigenvalue weighted by Crippen LogP contribution is -2.62. The van der Waals surface area contributed by atoms with Crippen molar-refractivity contribution in [2.75, 3.05) is 6.54 Å². The average molecular weight is 630 g/mol. The number of esters is 1. The molecule has 1 heterocycles. The van der Waals surface area contributed by atoms with Crippen LogP contribution in [0.25, 0.3) is 0 Å². The molecular formula is C33H51N5O7. The number of nitrogens with two attached hydrogens (primary N) is 1. The van der Waals surface area contributed by atoms with Crippen LogP contribution in [-0.2, 0) is 28.7 Å². The number of piperidine rings is 1. The zero-order valence-electron chi connectivity index (χ0n) is 27.6. The van der Waals surface area contributed by atoms with E-state index in [0.717, 1.165) is 38.5 Å². The lowest BCUT2D eigenvalue weighted by atomic mass is 9.78. The molecule has 4 aliphatic rings. The molecule has 1 saturated heterocycles. The number of rotatable bonds is 11. The first-order valence-electron chi connectivity index (χ1n) is 16.3. The third-order valence-electron chi connectivity index (χ3n) is 10.5. The van der Waals surface area contributed by atoms with E-state index in [9.17, 15) is 28.8 Å². The molecule has 45 heavy (non-hydrogen) atoms. The largest absolute Gasteiger partial charge is 0.430 e. The third-order valence-corrected chi connectivity index (χ3v) is 10.5. The molecule has 3 saturated carbocycles. The topological polar surface area (TPSA) is 177 Å². The number of primary amides is 1. The van der Waals surface area contributed by atoms with Crippen LogP contribution in [0.2, 0.25) is 0 Å². The van der Waals surface area contributed by atoms with Crippen molar-refractivity contribution in [1.29, 1.82) is 0 Å². The van der Waals surface area contributed by atoms with Crippen molar-refractivity contribution in [2.24, 2.45) is 40.2 Å². The minimum Gasteiger partial charge on any atom is -0.430 e. The van der Waals surface area contributed by atoms with E-state index in [4.69, 9.17) is 10.5 Å². The van der Waals surface area contributed by atoms with Gasteiger partial charge in [-0.1, -0.05) is 66.9 Å². The summed E-state index contributed by atoms with van der Waals surface area (Å²) in [5.41, 5.74) is 4.44. The van der Waals surface area contributed by atoms with E-state index in [1.807, 2.05) is 0 Å². The van der Waals surface area contributed by atoms with E-state index < -0.39 is 59.2 Å². The van der Waals surface area contributed by atoms with Crippen molar-refractivity contribution >= 4 is 35.5 Å². The minimum absolute atomic E-state index is 0.0780. The number of hydrogen-bond acceptors (Lipinski definition) is 7. The number of nitrogens with zero attached hydrogens (tertiary/aromatic N) is 1. The van der Waals surface area contributed by atoms with Gasteiger partial charge in [-0.3, -0.25) is 19.2 Å². The maximum Gasteiger partial charge on any atom is 0.334 e. The van der Waals surface area contributed by atoms with Crippen molar-refractivity contribution in [3.63, 3.8) is 0 Å². The molecule has 3 aliphatic carbocycles. The molecule has 5 N–H and O–H groups in total. The predicted molar refractivity (Wildman–Crippen MR) is 166 cm³/mol. The van der Waals surface area contributed by atoms with Gasteiger partial charge in [-0.2, -0.15) is 0 Å². The highest BCUT2D eigenvalue weighted by Crippen LogP contribution is 2.65. The second kappa shape index (κ2) is 13.1. The Morgan fingerprint density at radius 1 is 0.889 bits per heavy atom. The molecule has 12 heteroatoms. The molecule has 5 amide bonds. The van der Waals surface area contributed by atoms with Crippen LogP contribution in [0, 0.1) is 34.5 Å². The van der Waals surface area contributed by atoms with Gasteiger partial charge in [-0.25, -0.2) is 9.59 Å². The fraction of sp³-hybridized carbons (Fsp3) is 0.758. The Morgan fingerprint density at radius 3 is 1.98 bits per heavy atom. The van der Waals surface area contributed by atoms with Crippen LogP contribution in [0.15, 0.2) is 12.3 Å². The minimum atomic E-state index is -1.09. The van der Waals surface area contributed by atoms with Gasteiger partial charge >= 0.3 is 12.0 Å². The van der Waals surface area contributed by atoms with Gasteiger partial charge in [0.25, 0.3) is 5.91 Å². The Morgan fingerprint density at radius 2 is 1.47 bits per heavy atom. The zero-order valence-corrected chi connectivity index (χ0v) is 27.6. The molecule has 0 radical (unpaired) electrons. The van der Waals surface area contributed by atoms with Crippen LogP contribution in [0.1, 0.15) is 92.9 Å². The molecule has 12 nitrogen and oxygen atoms in total. The summed E-state index contributed by atoms with van der Waals surface area (Å²) in [5.74, 6) is -3.59. The molecule has 4 fully saturated rings. The summed E-state index contributed by atoms with van der Waals surface area (Å²) in [4.78, 5) is 80.7. The van der Waals surface area contributed by atoms with E-state index >= 15 is 0 Å². The molecule has 0 aromatic rings. The maximum absolute atomic E-state index is 14.4. The smallest absolute Gasteiger partial charge is 0.334 e. The lowest BCUT2D eigenvalue weighted by Gasteiger charge is -2.38. The monoisotopic (exact) mass is 629 g/mol. The highest BCUT2D eigenvalue weighted by atomic mass is 16.5. The first-order chi connectivity index (χ1) is 20.9. The van der Waals surface area contributed by atoms with E-state index in [1.165, 1.54) is 0 Å². The van der Waals surface area contributed by atoms with Crippen LogP contribution in [-0.4, -0.2) is 71.1 Å². The van der Waals surface area contributed by atoms with Crippen LogP contribution in [0.3, 0.4) is 0 Å². The fourth-order valence-corrected chi connectivity index (χ4v) is 7.58. The van der Waals surface area contributed by atoms with Crippen molar-refractivity contribution in [3.8, 4) is 0 Å². The number of Topliss-reactive ketones (excluding diaryl/α,β-unsaturated/α-hetero) is 1. The number of fused-ring (bicyclic) bond motifs is 1. The molecule has 250 valence electrons. The van der Waals surface area contributed by atoms with Gasteiger partial charge in [0.1, 0.15) is 24.2 Å². The number of hydrogen-bond donors (Lipinski definition) is 4. The maximum atomic E-state index is 14.4. The van der Waals surface area contributed by atoms with Gasteiger partial charge in [-0.15, -0.1) is 0 Å². The van der Waals surface area contributed by atoms with E-state index in [1.54, 1.807) is 32.6 Å². The van der Waals surface area contributed by atoms with E-state index in [-0.39, 0.29) is 40.8 Å². The Bertz CT molecular complexity index is 1230. The fourth-order valence-electron chi connectivity index (χ4n) is 7.58. The Hall–Kier alpha value is -3.44. The predicted octanol–water partition coefficient (Wildman–Crippen LogP) is 2.55. The Labute approximate surface area is 266 Å². The molecule has 1 aliphatic heterocycles. The van der Waals surface area contributed by atoms with Crippen LogP contribution in [0.5, 0.6) is 0 Å². The second-order valence-electron chi connectivity index (χ2n) is 15.2. The number of amides is 5. The summed E-state index contributed by atoms with van der Waals surface area (Å²) < 4.78 is 5.21. The van der Waals surface area contributed by atoms with Gasteiger partial charge in [0.2, 0.25) is 17.6 Å². The first-order valence-corrected chi connectivity index (χ1v) is 16.3. The Kier molecular flexibility index (Phi) is 10.0. The molecule has 6 atom stereocenters. The van der Waals surface area contributed by atoms with Gasteiger partial charge in [-0.05, 0) is 67.1 Å². The van der Waals surface area contributed by atoms with Crippen molar-refractivity contribution in [1.82, 2.24) is 20.9 Å². The number of carbonyl (C=O) groups is 6. The van der Waals surface area contributed by atoms with Crippen LogP contribution in [0.4, 0.5) is 4.79 Å². The van der Waals surface area contributed by atoms with Gasteiger partial charge in [0.15, 0.2) is 0 Å². The van der Waals surface area contributed by atoms with E-state index in [0.29, 0.717) is 19.4 Å². The zero-order chi connectivity index (χ0) is 33.4. The number of urea groups is 1. The first kappa shape index (κ1) is 34.4. The summed E-state index contributed by atoms with van der Waals surface area (Å²) in [6, 6.07) is -4.49. The number of ketones is 1. The number of carbonyl (C=O) groups excluding carboxylic acids is 6. The molecular weight excluding hydrogens is 578 g/mol. The third kappa shape index (κ3) is 7.35. The van der Waals surface area contributed by atoms with Gasteiger partial charge in [0.05, 0.1) is 5.76 Å². The summed E-state index contributed by atoms with van der Waals surface area (Å²) >= 11 is 0. The number of ether oxygens (including phenoxy) is 1. The molecule has 0 bridgehead atoms. The standard InChI is InChI=1S/C33H51N5O7/c1-17(2)45-30(43)26(32(3,4)5)37-31(44)36-23(19-12-9-8-10-13-19)29(42)38-16-20-21(33(20,6)7)24(38)28(41)35-22(18-14-11-15-18)25(39)27(34)40/h18-24,26H,1,8-16H2,2-7H3,(H2,34,40)(H,35,41)(H2,36,37,44)/t20-,21-,22?,23-,24-,26-/m0/s1. The van der Waals surface area contributed by atoms with E-state index in [2.05, 4.69) is 36.4 Å². The Balaban J connectivity index is 1.57. The quantitative estimate of drug-likeness (QED) is 0.154. The molecule has 0 aromatic heterocycles. The average Bonchev–Trinajstić information content (AvgIpc) is 3.24. The van der Waals surface area contributed by atoms with Crippen molar-refractivity contribution < 1.29 is 33.5 Å². The highest BCUT2D eigenvalue weighted by Gasteiger charge is 2.70. The number of likely N-dealkylation sites (tertiary alicyclic amines) is 1. The normalized spacial score (nSPS) is 26.3. The van der Waals surface area contributed by atoms with Gasteiger partial charge < -0.3 is 31.3 Å².